The predicted octanol–water partition coefficient (Wildman–Crippen LogP) is 2.46. The van der Waals surface area contributed by atoms with E-state index in [2.05, 4.69) is 0 Å². The molecule has 0 bridgehead atoms. The second-order valence-electron chi connectivity index (χ2n) is 3.76. The molecular formula is C13H20O3. The van der Waals surface area contributed by atoms with E-state index in [9.17, 15) is 5.11 Å². The van der Waals surface area contributed by atoms with Crippen molar-refractivity contribution in [2.24, 2.45) is 0 Å². The Kier molecular flexibility index (Phi) is 5.29. The summed E-state index contributed by atoms with van der Waals surface area (Å²) in [5.41, 5.74) is 1.95. The minimum Gasteiger partial charge on any atom is -0.491 e. The molecule has 0 saturated heterocycles. The molecule has 0 fully saturated rings. The van der Waals surface area contributed by atoms with Gasteiger partial charge in [0.15, 0.2) is 0 Å². The van der Waals surface area contributed by atoms with E-state index < -0.39 is 6.10 Å². The molecule has 0 aliphatic heterocycles. The van der Waals surface area contributed by atoms with Crippen molar-refractivity contribution in [1.82, 2.24) is 0 Å². The molecule has 16 heavy (non-hydrogen) atoms. The Balaban J connectivity index is 2.64. The van der Waals surface area contributed by atoms with Crippen molar-refractivity contribution in [2.45, 2.75) is 26.9 Å². The van der Waals surface area contributed by atoms with Crippen LogP contribution in [-0.4, -0.2) is 24.9 Å². The summed E-state index contributed by atoms with van der Waals surface area (Å²) >= 11 is 0. The largest absolute Gasteiger partial charge is 0.491 e. The summed E-state index contributed by atoms with van der Waals surface area (Å²) in [5, 5.41) is 9.62. The minimum atomic E-state index is -0.512. The molecule has 3 heteroatoms. The molecule has 1 atom stereocenters. The lowest BCUT2D eigenvalue weighted by atomic mass is 10.1. The first-order chi connectivity index (χ1) is 7.65. The Morgan fingerprint density at radius 3 is 2.69 bits per heavy atom. The molecule has 0 spiro atoms. The van der Waals surface area contributed by atoms with Gasteiger partial charge >= 0.3 is 0 Å². The number of aliphatic hydroxyl groups is 1. The van der Waals surface area contributed by atoms with Crippen LogP contribution in [0.4, 0.5) is 0 Å². The van der Waals surface area contributed by atoms with Crippen LogP contribution >= 0.6 is 0 Å². The van der Waals surface area contributed by atoms with Crippen molar-refractivity contribution in [2.75, 3.05) is 19.8 Å². The number of hydrogen-bond donors (Lipinski definition) is 1. The summed E-state index contributed by atoms with van der Waals surface area (Å²) in [5.74, 6) is 0.736. The highest BCUT2D eigenvalue weighted by atomic mass is 16.5. The monoisotopic (exact) mass is 224 g/mol. The van der Waals surface area contributed by atoms with Crippen LogP contribution in [0.5, 0.6) is 5.75 Å². The molecule has 90 valence electrons. The number of aliphatic hydroxyl groups excluding tert-OH is 1. The molecule has 0 aliphatic rings. The van der Waals surface area contributed by atoms with Gasteiger partial charge in [-0.1, -0.05) is 11.6 Å². The molecule has 1 aromatic carbocycles. The van der Waals surface area contributed by atoms with Crippen LogP contribution in [0.15, 0.2) is 18.2 Å². The molecule has 0 saturated carbocycles. The quantitative estimate of drug-likeness (QED) is 0.754. The maximum Gasteiger partial charge on any atom is 0.125 e. The van der Waals surface area contributed by atoms with Crippen molar-refractivity contribution in [1.29, 1.82) is 0 Å². The van der Waals surface area contributed by atoms with Crippen molar-refractivity contribution >= 4 is 0 Å². The SMILES string of the molecule is CCOCCOc1ccc(C)cc1[C@@H](C)O. The van der Waals surface area contributed by atoms with Gasteiger partial charge in [-0.2, -0.15) is 0 Å². The number of rotatable bonds is 6. The standard InChI is InChI=1S/C13H20O3/c1-4-15-7-8-16-13-6-5-10(2)9-12(13)11(3)14/h5-6,9,11,14H,4,7-8H2,1-3H3/t11-/m1/s1. The maximum absolute atomic E-state index is 9.62. The summed E-state index contributed by atoms with van der Waals surface area (Å²) in [4.78, 5) is 0. The minimum absolute atomic E-state index is 0.511. The van der Waals surface area contributed by atoms with Crippen molar-refractivity contribution < 1.29 is 14.6 Å². The van der Waals surface area contributed by atoms with E-state index in [0.29, 0.717) is 19.8 Å². The summed E-state index contributed by atoms with van der Waals surface area (Å²) < 4.78 is 10.8. The molecular weight excluding hydrogens is 204 g/mol. The van der Waals surface area contributed by atoms with E-state index in [1.807, 2.05) is 32.0 Å². The first-order valence-electron chi connectivity index (χ1n) is 5.64. The lowest BCUT2D eigenvalue weighted by Gasteiger charge is -2.14. The number of hydrogen-bond acceptors (Lipinski definition) is 3. The summed E-state index contributed by atoms with van der Waals surface area (Å²) in [6.45, 7) is 7.47. The van der Waals surface area contributed by atoms with Crippen LogP contribution in [0, 0.1) is 6.92 Å². The van der Waals surface area contributed by atoms with Gasteiger partial charge in [-0.25, -0.2) is 0 Å². The van der Waals surface area contributed by atoms with Gasteiger partial charge in [0.05, 0.1) is 12.7 Å². The Morgan fingerprint density at radius 2 is 2.06 bits per heavy atom. The van der Waals surface area contributed by atoms with Gasteiger partial charge in [0, 0.05) is 12.2 Å². The zero-order chi connectivity index (χ0) is 12.0. The van der Waals surface area contributed by atoms with Crippen molar-refractivity contribution in [3.05, 3.63) is 29.3 Å². The molecule has 0 aliphatic carbocycles. The smallest absolute Gasteiger partial charge is 0.125 e. The molecule has 1 aromatic rings. The average molecular weight is 224 g/mol. The Hall–Kier alpha value is -1.06. The molecule has 0 aromatic heterocycles. The number of ether oxygens (including phenoxy) is 2. The summed E-state index contributed by atoms with van der Waals surface area (Å²) in [6, 6.07) is 5.81. The highest BCUT2D eigenvalue weighted by molar-refractivity contribution is 5.38. The lowest BCUT2D eigenvalue weighted by Crippen LogP contribution is -2.08. The van der Waals surface area contributed by atoms with E-state index >= 15 is 0 Å². The second-order valence-corrected chi connectivity index (χ2v) is 3.76. The third-order valence-electron chi connectivity index (χ3n) is 2.30. The van der Waals surface area contributed by atoms with Crippen LogP contribution in [-0.2, 0) is 4.74 Å². The topological polar surface area (TPSA) is 38.7 Å². The highest BCUT2D eigenvalue weighted by Crippen LogP contribution is 2.26. The van der Waals surface area contributed by atoms with Crippen LogP contribution < -0.4 is 4.74 Å². The Bertz CT molecular complexity index is 321. The first kappa shape index (κ1) is 13.0. The average Bonchev–Trinajstić information content (AvgIpc) is 2.26. The van der Waals surface area contributed by atoms with E-state index in [1.165, 1.54) is 0 Å². The molecule has 0 radical (unpaired) electrons. The Morgan fingerprint density at radius 1 is 1.31 bits per heavy atom. The fraction of sp³-hybridized carbons (Fsp3) is 0.538. The van der Waals surface area contributed by atoms with E-state index in [1.54, 1.807) is 6.92 Å². The van der Waals surface area contributed by atoms with Gasteiger partial charge in [-0.3, -0.25) is 0 Å². The van der Waals surface area contributed by atoms with Crippen LogP contribution in [0.3, 0.4) is 0 Å². The van der Waals surface area contributed by atoms with E-state index in [-0.39, 0.29) is 0 Å². The molecule has 1 N–H and O–H groups in total. The molecule has 1 rings (SSSR count). The van der Waals surface area contributed by atoms with Gasteiger partial charge in [0.2, 0.25) is 0 Å². The summed E-state index contributed by atoms with van der Waals surface area (Å²) in [7, 11) is 0. The predicted molar refractivity (Wildman–Crippen MR) is 63.8 cm³/mol. The normalized spacial score (nSPS) is 12.5. The third kappa shape index (κ3) is 3.83. The fourth-order valence-corrected chi connectivity index (χ4v) is 1.48. The highest BCUT2D eigenvalue weighted by Gasteiger charge is 2.09. The van der Waals surface area contributed by atoms with Crippen molar-refractivity contribution in [3.63, 3.8) is 0 Å². The maximum atomic E-state index is 9.62. The van der Waals surface area contributed by atoms with Gasteiger partial charge in [-0.15, -0.1) is 0 Å². The second kappa shape index (κ2) is 6.51. The van der Waals surface area contributed by atoms with Crippen LogP contribution in [0.25, 0.3) is 0 Å². The summed E-state index contributed by atoms with van der Waals surface area (Å²) in [6.07, 6.45) is -0.512. The Labute approximate surface area is 97.0 Å². The van der Waals surface area contributed by atoms with Gasteiger partial charge in [0.25, 0.3) is 0 Å². The fourth-order valence-electron chi connectivity index (χ4n) is 1.48. The number of aryl methyl sites for hydroxylation is 1. The van der Waals surface area contributed by atoms with Crippen molar-refractivity contribution in [3.8, 4) is 5.75 Å². The van der Waals surface area contributed by atoms with Gasteiger partial charge in [-0.05, 0) is 32.9 Å². The molecule has 0 unspecified atom stereocenters. The zero-order valence-electron chi connectivity index (χ0n) is 10.2. The molecule has 0 amide bonds. The first-order valence-corrected chi connectivity index (χ1v) is 5.64. The van der Waals surface area contributed by atoms with Gasteiger partial charge in [0.1, 0.15) is 12.4 Å². The zero-order valence-corrected chi connectivity index (χ0v) is 10.2. The van der Waals surface area contributed by atoms with E-state index in [4.69, 9.17) is 9.47 Å². The third-order valence-corrected chi connectivity index (χ3v) is 2.30. The molecule has 3 nitrogen and oxygen atoms in total. The molecule has 0 heterocycles. The van der Waals surface area contributed by atoms with Crippen LogP contribution in [0.2, 0.25) is 0 Å². The number of benzene rings is 1. The van der Waals surface area contributed by atoms with Gasteiger partial charge < -0.3 is 14.6 Å². The van der Waals surface area contributed by atoms with E-state index in [0.717, 1.165) is 16.9 Å². The van der Waals surface area contributed by atoms with Crippen LogP contribution in [0.1, 0.15) is 31.1 Å². The lowest BCUT2D eigenvalue weighted by molar-refractivity contribution is 0.108.